The number of nitrogens with two attached hydrogens (primary N) is 1. The zero-order valence-corrected chi connectivity index (χ0v) is 13.4. The summed E-state index contributed by atoms with van der Waals surface area (Å²) in [4.78, 5) is 11.6. The number of carbonyl (C=O) groups is 1. The van der Waals surface area contributed by atoms with Crippen LogP contribution in [0.15, 0.2) is 18.2 Å². The van der Waals surface area contributed by atoms with Crippen LogP contribution in [0.1, 0.15) is 19.3 Å². The highest BCUT2D eigenvalue weighted by atomic mass is 32.2. The van der Waals surface area contributed by atoms with Crippen molar-refractivity contribution in [2.45, 2.75) is 19.3 Å². The third kappa shape index (κ3) is 3.69. The van der Waals surface area contributed by atoms with Gasteiger partial charge in [0.05, 0.1) is 18.6 Å². The third-order valence-corrected chi connectivity index (χ3v) is 5.31. The molecule has 1 saturated heterocycles. The first kappa shape index (κ1) is 16.6. The van der Waals surface area contributed by atoms with E-state index in [0.29, 0.717) is 30.1 Å². The third-order valence-electron chi connectivity index (χ3n) is 3.45. The van der Waals surface area contributed by atoms with Crippen LogP contribution in [0.2, 0.25) is 0 Å². The normalized spacial score (nSPS) is 17.1. The Kier molecular flexibility index (Phi) is 5.25. The van der Waals surface area contributed by atoms with Crippen LogP contribution in [-0.2, 0) is 14.8 Å². The van der Waals surface area contributed by atoms with E-state index in [2.05, 4.69) is 5.32 Å². The van der Waals surface area contributed by atoms with Gasteiger partial charge in [0, 0.05) is 25.2 Å². The van der Waals surface area contributed by atoms with Crippen molar-refractivity contribution in [1.29, 1.82) is 0 Å². The van der Waals surface area contributed by atoms with Crippen LogP contribution in [0.5, 0.6) is 5.75 Å². The topological polar surface area (TPSA) is 102 Å². The number of hydrogen-bond acceptors (Lipinski definition) is 5. The van der Waals surface area contributed by atoms with Gasteiger partial charge in [-0.15, -0.1) is 0 Å². The van der Waals surface area contributed by atoms with Gasteiger partial charge in [-0.25, -0.2) is 8.42 Å². The summed E-state index contributed by atoms with van der Waals surface area (Å²) in [6.07, 6.45) is 1.67. The summed E-state index contributed by atoms with van der Waals surface area (Å²) in [5.74, 6) is 0.377. The molecule has 0 saturated carbocycles. The molecule has 1 aromatic rings. The fourth-order valence-corrected chi connectivity index (χ4v) is 4.02. The Hall–Kier alpha value is -1.80. The van der Waals surface area contributed by atoms with Crippen LogP contribution in [0.4, 0.5) is 11.4 Å². The number of rotatable bonds is 5. The van der Waals surface area contributed by atoms with Crippen molar-refractivity contribution in [3.63, 3.8) is 0 Å². The number of ether oxygens (including phenoxy) is 1. The summed E-state index contributed by atoms with van der Waals surface area (Å²) in [5, 5.41) is 2.71. The second-order valence-corrected chi connectivity index (χ2v) is 7.08. The van der Waals surface area contributed by atoms with E-state index in [-0.39, 0.29) is 24.6 Å². The molecule has 1 fully saturated rings. The Balaban J connectivity index is 2.34. The molecule has 2 rings (SSSR count). The maximum atomic E-state index is 12.3. The molecule has 22 heavy (non-hydrogen) atoms. The Labute approximate surface area is 130 Å². The van der Waals surface area contributed by atoms with E-state index in [0.717, 1.165) is 6.42 Å². The molecule has 0 radical (unpaired) electrons. The highest BCUT2D eigenvalue weighted by molar-refractivity contribution is 7.92. The Bertz CT molecular complexity index is 645. The quantitative estimate of drug-likeness (QED) is 0.837. The molecule has 0 aromatic heterocycles. The van der Waals surface area contributed by atoms with Crippen molar-refractivity contribution in [2.75, 3.05) is 35.6 Å². The van der Waals surface area contributed by atoms with Crippen LogP contribution in [0.3, 0.4) is 0 Å². The monoisotopic (exact) mass is 327 g/mol. The van der Waals surface area contributed by atoms with E-state index >= 15 is 0 Å². The fourth-order valence-electron chi connectivity index (χ4n) is 2.38. The number of nitrogens with zero attached hydrogens (tertiary/aromatic N) is 1. The van der Waals surface area contributed by atoms with Crippen LogP contribution in [0.25, 0.3) is 0 Å². The van der Waals surface area contributed by atoms with Crippen LogP contribution in [-0.4, -0.2) is 40.3 Å². The van der Waals surface area contributed by atoms with Crippen LogP contribution in [0, 0.1) is 0 Å². The van der Waals surface area contributed by atoms with Gasteiger partial charge in [-0.1, -0.05) is 0 Å². The standard InChI is InChI=1S/C14H21N3O4S/c1-21-13-5-4-11(16-14(18)6-7-15)10-12(13)17-8-2-3-9-22(17,19)20/h4-5,10H,2-3,6-9,15H2,1H3,(H,16,18). The van der Waals surface area contributed by atoms with Gasteiger partial charge in [0.25, 0.3) is 0 Å². The summed E-state index contributed by atoms with van der Waals surface area (Å²) < 4.78 is 31.1. The molecule has 7 nitrogen and oxygen atoms in total. The molecule has 1 aliphatic rings. The molecule has 1 amide bonds. The first-order valence-corrected chi connectivity index (χ1v) is 8.77. The Morgan fingerprint density at radius 2 is 2.18 bits per heavy atom. The average Bonchev–Trinajstić information content (AvgIpc) is 2.47. The number of hydrogen-bond donors (Lipinski definition) is 2. The fraction of sp³-hybridized carbons (Fsp3) is 0.500. The molecule has 1 aliphatic heterocycles. The number of benzene rings is 1. The second kappa shape index (κ2) is 6.97. The SMILES string of the molecule is COc1ccc(NC(=O)CCN)cc1N1CCCCS1(=O)=O. The van der Waals surface area contributed by atoms with Gasteiger partial charge in [0.2, 0.25) is 15.9 Å². The van der Waals surface area contributed by atoms with E-state index in [4.69, 9.17) is 10.5 Å². The lowest BCUT2D eigenvalue weighted by Gasteiger charge is -2.29. The molecular weight excluding hydrogens is 306 g/mol. The summed E-state index contributed by atoms with van der Waals surface area (Å²) in [6.45, 7) is 0.675. The van der Waals surface area contributed by atoms with Gasteiger partial charge in [-0.05, 0) is 31.0 Å². The molecule has 0 atom stereocenters. The van der Waals surface area contributed by atoms with Crippen molar-refractivity contribution in [1.82, 2.24) is 0 Å². The first-order chi connectivity index (χ1) is 10.5. The zero-order valence-electron chi connectivity index (χ0n) is 12.5. The van der Waals surface area contributed by atoms with Crippen molar-refractivity contribution < 1.29 is 17.9 Å². The predicted molar refractivity (Wildman–Crippen MR) is 85.7 cm³/mol. The predicted octanol–water partition coefficient (Wildman–Crippen LogP) is 0.912. The van der Waals surface area contributed by atoms with Crippen LogP contribution < -0.4 is 20.1 Å². The van der Waals surface area contributed by atoms with Gasteiger partial charge in [0.15, 0.2) is 0 Å². The Morgan fingerprint density at radius 3 is 2.82 bits per heavy atom. The number of anilines is 2. The summed E-state index contributed by atoms with van der Waals surface area (Å²) in [5.41, 5.74) is 6.32. The van der Waals surface area contributed by atoms with Crippen molar-refractivity contribution >= 4 is 27.3 Å². The largest absolute Gasteiger partial charge is 0.495 e. The van der Waals surface area contributed by atoms with Gasteiger partial charge >= 0.3 is 0 Å². The molecule has 3 N–H and O–H groups in total. The number of sulfonamides is 1. The number of nitrogens with one attached hydrogen (secondary N) is 1. The molecule has 0 aliphatic carbocycles. The molecule has 122 valence electrons. The van der Waals surface area contributed by atoms with Crippen LogP contribution >= 0.6 is 0 Å². The minimum absolute atomic E-state index is 0.125. The lowest BCUT2D eigenvalue weighted by Crippen LogP contribution is -2.38. The first-order valence-electron chi connectivity index (χ1n) is 7.16. The number of carbonyl (C=O) groups excluding carboxylic acids is 1. The van der Waals surface area contributed by atoms with Crippen molar-refractivity contribution in [3.05, 3.63) is 18.2 Å². The second-order valence-electron chi connectivity index (χ2n) is 5.07. The number of methoxy groups -OCH3 is 1. The average molecular weight is 327 g/mol. The highest BCUT2D eigenvalue weighted by Crippen LogP contribution is 2.35. The lowest BCUT2D eigenvalue weighted by molar-refractivity contribution is -0.116. The van der Waals surface area contributed by atoms with Gasteiger partial charge in [0.1, 0.15) is 5.75 Å². The lowest BCUT2D eigenvalue weighted by atomic mass is 10.2. The molecule has 8 heteroatoms. The van der Waals surface area contributed by atoms with E-state index in [1.807, 2.05) is 0 Å². The highest BCUT2D eigenvalue weighted by Gasteiger charge is 2.28. The van der Waals surface area contributed by atoms with Crippen molar-refractivity contribution in [2.24, 2.45) is 5.73 Å². The molecule has 0 spiro atoms. The molecule has 0 unspecified atom stereocenters. The van der Waals surface area contributed by atoms with E-state index in [1.54, 1.807) is 18.2 Å². The van der Waals surface area contributed by atoms with E-state index in [1.165, 1.54) is 11.4 Å². The summed E-state index contributed by atoms with van der Waals surface area (Å²) >= 11 is 0. The summed E-state index contributed by atoms with van der Waals surface area (Å²) in [7, 11) is -1.86. The maximum Gasteiger partial charge on any atom is 0.235 e. The van der Waals surface area contributed by atoms with E-state index in [9.17, 15) is 13.2 Å². The minimum Gasteiger partial charge on any atom is -0.495 e. The molecule has 1 aromatic carbocycles. The maximum absolute atomic E-state index is 12.3. The summed E-state index contributed by atoms with van der Waals surface area (Å²) in [6, 6.07) is 4.95. The van der Waals surface area contributed by atoms with Gasteiger partial charge in [-0.3, -0.25) is 9.10 Å². The molecular formula is C14H21N3O4S. The number of amides is 1. The molecule has 0 bridgehead atoms. The zero-order chi connectivity index (χ0) is 16.2. The van der Waals surface area contributed by atoms with E-state index < -0.39 is 10.0 Å². The minimum atomic E-state index is -3.34. The van der Waals surface area contributed by atoms with Gasteiger partial charge in [-0.2, -0.15) is 0 Å². The Morgan fingerprint density at radius 1 is 1.41 bits per heavy atom. The van der Waals surface area contributed by atoms with Gasteiger partial charge < -0.3 is 15.8 Å². The van der Waals surface area contributed by atoms with Crippen molar-refractivity contribution in [3.8, 4) is 5.75 Å². The smallest absolute Gasteiger partial charge is 0.235 e. The molecule has 1 heterocycles.